The van der Waals surface area contributed by atoms with Crippen LogP contribution in [0.15, 0.2) is 48.5 Å². The molecule has 30 heavy (non-hydrogen) atoms. The fraction of sp³-hybridized carbons (Fsp3) is 0.556. The Kier molecular flexibility index (Phi) is 12.1. The molecule has 3 nitrogen and oxygen atoms in total. The fourth-order valence-corrected chi connectivity index (χ4v) is 3.54. The first-order valence-corrected chi connectivity index (χ1v) is 11.8. The van der Waals surface area contributed by atoms with Crippen LogP contribution in [0.5, 0.6) is 11.5 Å². The van der Waals surface area contributed by atoms with E-state index in [-0.39, 0.29) is 0 Å². The Morgan fingerprint density at radius 2 is 1.47 bits per heavy atom. The topological polar surface area (TPSA) is 21.7 Å². The number of nitrogens with zero attached hydrogens (tertiary/aromatic N) is 1. The molecule has 0 fully saturated rings. The zero-order valence-electron chi connectivity index (χ0n) is 19.4. The predicted molar refractivity (Wildman–Crippen MR) is 128 cm³/mol. The highest BCUT2D eigenvalue weighted by Gasteiger charge is 2.08. The molecule has 0 unspecified atom stereocenters. The van der Waals surface area contributed by atoms with Crippen LogP contribution in [0, 0.1) is 0 Å². The molecule has 0 heterocycles. The highest BCUT2D eigenvalue weighted by atomic mass is 16.5. The predicted octanol–water partition coefficient (Wildman–Crippen LogP) is 6.54. The lowest BCUT2D eigenvalue weighted by atomic mass is 10.0. The van der Waals surface area contributed by atoms with Gasteiger partial charge in [-0.3, -0.25) is 0 Å². The second kappa shape index (κ2) is 14.9. The van der Waals surface area contributed by atoms with Crippen molar-refractivity contribution in [3.05, 3.63) is 59.7 Å². The van der Waals surface area contributed by atoms with Crippen LogP contribution in [0.25, 0.3) is 0 Å². The highest BCUT2D eigenvalue weighted by molar-refractivity contribution is 5.41. The van der Waals surface area contributed by atoms with Gasteiger partial charge in [0.2, 0.25) is 0 Å². The molecule has 0 N–H and O–H groups in total. The van der Waals surface area contributed by atoms with E-state index in [2.05, 4.69) is 74.4 Å². The summed E-state index contributed by atoms with van der Waals surface area (Å²) < 4.78 is 12.2. The van der Waals surface area contributed by atoms with Crippen LogP contribution in [0.4, 0.5) is 0 Å². The minimum Gasteiger partial charge on any atom is -0.494 e. The Bertz CT molecular complexity index is 685. The minimum atomic E-state index is 0.745. The van der Waals surface area contributed by atoms with E-state index in [4.69, 9.17) is 9.47 Å². The van der Waals surface area contributed by atoms with E-state index in [0.717, 1.165) is 56.9 Å². The number of aryl methyl sites for hydroxylation is 2. The van der Waals surface area contributed by atoms with E-state index in [1.807, 2.05) is 0 Å². The molecule has 2 aromatic rings. The monoisotopic (exact) mass is 411 g/mol. The Morgan fingerprint density at radius 3 is 2.23 bits per heavy atom. The third-order valence-electron chi connectivity index (χ3n) is 5.33. The Hall–Kier alpha value is -2.00. The quantitative estimate of drug-likeness (QED) is 0.293. The standard InChI is InChI=1S/C27H41NO2/c1-4-5-6-7-8-12-21-29-26-18-19-27(30-22-13-20-28(2)3)25(23-26)17-16-24-14-10-9-11-15-24/h9-11,14-15,18-19,23H,4-8,12-13,16-17,20-22H2,1-3H3. The van der Waals surface area contributed by atoms with Crippen LogP contribution < -0.4 is 9.47 Å². The third kappa shape index (κ3) is 10.2. The zero-order valence-corrected chi connectivity index (χ0v) is 19.4. The highest BCUT2D eigenvalue weighted by Crippen LogP contribution is 2.26. The van der Waals surface area contributed by atoms with Crippen LogP contribution in [0.2, 0.25) is 0 Å². The molecule has 2 rings (SSSR count). The molecule has 0 radical (unpaired) electrons. The molecule has 0 saturated heterocycles. The lowest BCUT2D eigenvalue weighted by molar-refractivity contribution is 0.277. The largest absolute Gasteiger partial charge is 0.494 e. The molecule has 0 saturated carbocycles. The first kappa shape index (κ1) is 24.3. The van der Waals surface area contributed by atoms with Gasteiger partial charge in [-0.2, -0.15) is 0 Å². The van der Waals surface area contributed by atoms with Crippen molar-refractivity contribution in [1.29, 1.82) is 0 Å². The van der Waals surface area contributed by atoms with Gasteiger partial charge in [-0.15, -0.1) is 0 Å². The smallest absolute Gasteiger partial charge is 0.122 e. The third-order valence-corrected chi connectivity index (χ3v) is 5.33. The van der Waals surface area contributed by atoms with Gasteiger partial charge in [-0.25, -0.2) is 0 Å². The van der Waals surface area contributed by atoms with Crippen molar-refractivity contribution in [3.8, 4) is 11.5 Å². The van der Waals surface area contributed by atoms with Crippen molar-refractivity contribution in [2.75, 3.05) is 33.9 Å². The van der Waals surface area contributed by atoms with Gasteiger partial charge in [-0.1, -0.05) is 69.4 Å². The second-order valence-corrected chi connectivity index (χ2v) is 8.38. The van der Waals surface area contributed by atoms with E-state index in [1.165, 1.54) is 43.2 Å². The summed E-state index contributed by atoms with van der Waals surface area (Å²) in [6.45, 7) is 4.84. The molecular weight excluding hydrogens is 370 g/mol. The molecule has 0 spiro atoms. The Labute approximate surface area is 184 Å². The number of rotatable bonds is 16. The molecule has 0 bridgehead atoms. The van der Waals surface area contributed by atoms with Crippen molar-refractivity contribution < 1.29 is 9.47 Å². The summed E-state index contributed by atoms with van der Waals surface area (Å²) in [5, 5.41) is 0. The van der Waals surface area contributed by atoms with E-state index < -0.39 is 0 Å². The van der Waals surface area contributed by atoms with E-state index in [9.17, 15) is 0 Å². The van der Waals surface area contributed by atoms with Crippen LogP contribution in [0.1, 0.15) is 63.0 Å². The van der Waals surface area contributed by atoms with Gasteiger partial charge in [-0.05, 0) is 69.1 Å². The molecule has 3 heteroatoms. The van der Waals surface area contributed by atoms with Crippen LogP contribution in [-0.4, -0.2) is 38.8 Å². The molecule has 166 valence electrons. The molecule has 2 aromatic carbocycles. The van der Waals surface area contributed by atoms with E-state index in [0.29, 0.717) is 0 Å². The van der Waals surface area contributed by atoms with Crippen LogP contribution >= 0.6 is 0 Å². The van der Waals surface area contributed by atoms with Gasteiger partial charge in [0.15, 0.2) is 0 Å². The van der Waals surface area contributed by atoms with Gasteiger partial charge in [0.05, 0.1) is 13.2 Å². The SMILES string of the molecule is CCCCCCCCOc1ccc(OCCCN(C)C)c(CCc2ccccc2)c1. The van der Waals surface area contributed by atoms with Crippen molar-refractivity contribution in [3.63, 3.8) is 0 Å². The summed E-state index contributed by atoms with van der Waals surface area (Å²) in [5.74, 6) is 1.96. The Morgan fingerprint density at radius 1 is 0.733 bits per heavy atom. The van der Waals surface area contributed by atoms with E-state index >= 15 is 0 Å². The lowest BCUT2D eigenvalue weighted by Gasteiger charge is -2.15. The maximum Gasteiger partial charge on any atom is 0.122 e. The number of hydrogen-bond acceptors (Lipinski definition) is 3. The maximum absolute atomic E-state index is 6.13. The van der Waals surface area contributed by atoms with Crippen molar-refractivity contribution in [1.82, 2.24) is 4.90 Å². The van der Waals surface area contributed by atoms with Gasteiger partial charge in [0, 0.05) is 6.54 Å². The van der Waals surface area contributed by atoms with Gasteiger partial charge < -0.3 is 14.4 Å². The van der Waals surface area contributed by atoms with Crippen molar-refractivity contribution >= 4 is 0 Å². The molecule has 0 atom stereocenters. The normalized spacial score (nSPS) is 11.1. The summed E-state index contributed by atoms with van der Waals surface area (Å²) in [5.41, 5.74) is 2.60. The number of unbranched alkanes of at least 4 members (excludes halogenated alkanes) is 5. The average molecular weight is 412 g/mol. The second-order valence-electron chi connectivity index (χ2n) is 8.38. The summed E-state index contributed by atoms with van der Waals surface area (Å²) in [4.78, 5) is 2.19. The average Bonchev–Trinajstić information content (AvgIpc) is 2.76. The number of benzene rings is 2. The zero-order chi connectivity index (χ0) is 21.4. The maximum atomic E-state index is 6.13. The summed E-state index contributed by atoms with van der Waals surface area (Å²) in [6.07, 6.45) is 10.7. The molecule has 0 aliphatic carbocycles. The van der Waals surface area contributed by atoms with Gasteiger partial charge in [0.25, 0.3) is 0 Å². The van der Waals surface area contributed by atoms with Crippen LogP contribution in [-0.2, 0) is 12.8 Å². The first-order valence-electron chi connectivity index (χ1n) is 11.8. The summed E-state index contributed by atoms with van der Waals surface area (Å²) in [6, 6.07) is 17.0. The molecule has 0 aliphatic rings. The fourth-order valence-electron chi connectivity index (χ4n) is 3.54. The molecular formula is C27H41NO2. The molecule has 0 aromatic heterocycles. The van der Waals surface area contributed by atoms with Crippen molar-refractivity contribution in [2.45, 2.75) is 64.7 Å². The van der Waals surface area contributed by atoms with E-state index in [1.54, 1.807) is 0 Å². The van der Waals surface area contributed by atoms with Crippen molar-refractivity contribution in [2.24, 2.45) is 0 Å². The summed E-state index contributed by atoms with van der Waals surface area (Å²) in [7, 11) is 4.20. The Balaban J connectivity index is 1.89. The molecule has 0 amide bonds. The first-order chi connectivity index (χ1) is 14.7. The molecule has 0 aliphatic heterocycles. The van der Waals surface area contributed by atoms with Crippen LogP contribution in [0.3, 0.4) is 0 Å². The number of ether oxygens (including phenoxy) is 2. The minimum absolute atomic E-state index is 0.745. The summed E-state index contributed by atoms with van der Waals surface area (Å²) >= 11 is 0. The van der Waals surface area contributed by atoms with Gasteiger partial charge in [0.1, 0.15) is 11.5 Å². The number of hydrogen-bond donors (Lipinski definition) is 0. The lowest BCUT2D eigenvalue weighted by Crippen LogP contribution is -2.15. The van der Waals surface area contributed by atoms with Gasteiger partial charge >= 0.3 is 0 Å².